The molecule has 0 unspecified atom stereocenters. The van der Waals surface area contributed by atoms with E-state index in [0.717, 1.165) is 16.3 Å². The quantitative estimate of drug-likeness (QED) is 0.398. The molecule has 1 aliphatic heterocycles. The zero-order valence-corrected chi connectivity index (χ0v) is 22.1. The maximum atomic E-state index is 13.6. The van der Waals surface area contributed by atoms with Crippen LogP contribution in [0.25, 0.3) is 10.8 Å². The Balaban J connectivity index is 1.35. The number of furan rings is 1. The van der Waals surface area contributed by atoms with Gasteiger partial charge in [-0.3, -0.25) is 14.4 Å². The molecule has 2 heterocycles. The van der Waals surface area contributed by atoms with Gasteiger partial charge in [-0.15, -0.1) is 0 Å². The first kappa shape index (κ1) is 26.2. The largest absolute Gasteiger partial charge is 0.459 e. The normalized spacial score (nSPS) is 14.7. The van der Waals surface area contributed by atoms with Crippen LogP contribution in [0.4, 0.5) is 0 Å². The van der Waals surface area contributed by atoms with E-state index in [4.69, 9.17) is 4.42 Å². The summed E-state index contributed by atoms with van der Waals surface area (Å²) in [6, 6.07) is 22.1. The van der Waals surface area contributed by atoms with Crippen LogP contribution in [0.5, 0.6) is 0 Å². The summed E-state index contributed by atoms with van der Waals surface area (Å²) < 4.78 is 32.2. The van der Waals surface area contributed by atoms with E-state index in [9.17, 15) is 22.8 Å². The van der Waals surface area contributed by atoms with Crippen molar-refractivity contribution < 1.29 is 27.2 Å². The summed E-state index contributed by atoms with van der Waals surface area (Å²) in [5.74, 6) is -1.86. The number of nitrogens with zero attached hydrogens (tertiary/aromatic N) is 2. The van der Waals surface area contributed by atoms with Crippen molar-refractivity contribution in [3.8, 4) is 0 Å². The lowest BCUT2D eigenvalue weighted by Crippen LogP contribution is -2.57. The molecule has 3 amide bonds. The fourth-order valence-electron chi connectivity index (χ4n) is 4.61. The predicted molar refractivity (Wildman–Crippen MR) is 145 cm³/mol. The molecule has 0 saturated carbocycles. The number of carbonyl (C=O) groups excluding carboxylic acids is 3. The Morgan fingerprint density at radius 1 is 0.821 bits per heavy atom. The molecule has 1 aromatic heterocycles. The number of amides is 3. The minimum absolute atomic E-state index is 0.0871. The third-order valence-electron chi connectivity index (χ3n) is 6.79. The Kier molecular flexibility index (Phi) is 7.21. The monoisotopic (exact) mass is 545 g/mol. The summed E-state index contributed by atoms with van der Waals surface area (Å²) in [6.07, 6.45) is 1.28. The van der Waals surface area contributed by atoms with Gasteiger partial charge in [-0.1, -0.05) is 54.1 Å². The number of hydrogen-bond donors (Lipinski definition) is 1. The molecule has 200 valence electrons. The molecule has 0 aliphatic carbocycles. The summed E-state index contributed by atoms with van der Waals surface area (Å²) in [4.78, 5) is 42.6. The molecule has 1 saturated heterocycles. The van der Waals surface area contributed by atoms with Crippen LogP contribution >= 0.6 is 0 Å². The van der Waals surface area contributed by atoms with Crippen molar-refractivity contribution in [1.82, 2.24) is 15.1 Å². The Labute approximate surface area is 225 Å². The number of rotatable bonds is 6. The Bertz CT molecular complexity index is 1620. The van der Waals surface area contributed by atoms with E-state index in [1.165, 1.54) is 35.4 Å². The molecule has 10 heteroatoms. The average molecular weight is 546 g/mol. The SMILES string of the molecule is Cc1ccc(S(=O)(=O)[C@H](NC(=O)c2ccco2)C(=O)N2CCN(C(=O)c3cccc4ccccc34)CC2)cc1. The van der Waals surface area contributed by atoms with E-state index in [1.54, 1.807) is 23.1 Å². The van der Waals surface area contributed by atoms with Gasteiger partial charge in [-0.25, -0.2) is 8.42 Å². The fourth-order valence-corrected chi connectivity index (χ4v) is 6.08. The number of carbonyl (C=O) groups is 3. The molecule has 1 aliphatic rings. The molecular weight excluding hydrogens is 518 g/mol. The first-order chi connectivity index (χ1) is 18.8. The van der Waals surface area contributed by atoms with Gasteiger partial charge >= 0.3 is 0 Å². The lowest BCUT2D eigenvalue weighted by Gasteiger charge is -2.36. The third-order valence-corrected chi connectivity index (χ3v) is 8.66. The van der Waals surface area contributed by atoms with Crippen molar-refractivity contribution in [2.75, 3.05) is 26.2 Å². The van der Waals surface area contributed by atoms with Crippen LogP contribution in [0.3, 0.4) is 0 Å². The number of benzene rings is 3. The van der Waals surface area contributed by atoms with E-state index >= 15 is 0 Å². The van der Waals surface area contributed by atoms with Crippen LogP contribution in [0.15, 0.2) is 94.4 Å². The van der Waals surface area contributed by atoms with E-state index < -0.39 is 27.0 Å². The van der Waals surface area contributed by atoms with Crippen molar-refractivity contribution in [2.24, 2.45) is 0 Å². The summed E-state index contributed by atoms with van der Waals surface area (Å²) in [7, 11) is -4.30. The Hall–Kier alpha value is -4.44. The van der Waals surface area contributed by atoms with Crippen molar-refractivity contribution in [2.45, 2.75) is 17.2 Å². The lowest BCUT2D eigenvalue weighted by atomic mass is 10.0. The summed E-state index contributed by atoms with van der Waals surface area (Å²) >= 11 is 0. The molecule has 1 fully saturated rings. The second-order valence-corrected chi connectivity index (χ2v) is 11.4. The first-order valence-corrected chi connectivity index (χ1v) is 14.0. The molecule has 4 aromatic rings. The van der Waals surface area contributed by atoms with Crippen molar-refractivity contribution in [3.63, 3.8) is 0 Å². The maximum Gasteiger partial charge on any atom is 0.288 e. The fraction of sp³-hybridized carbons (Fsp3) is 0.207. The highest BCUT2D eigenvalue weighted by molar-refractivity contribution is 7.92. The van der Waals surface area contributed by atoms with Crippen LogP contribution in [-0.4, -0.2) is 67.5 Å². The molecule has 9 nitrogen and oxygen atoms in total. The average Bonchev–Trinajstić information content (AvgIpc) is 3.50. The Morgan fingerprint density at radius 3 is 2.18 bits per heavy atom. The lowest BCUT2D eigenvalue weighted by molar-refractivity contribution is -0.132. The second-order valence-electron chi connectivity index (χ2n) is 9.33. The molecule has 1 atom stereocenters. The molecule has 1 N–H and O–H groups in total. The van der Waals surface area contributed by atoms with Crippen LogP contribution in [0, 0.1) is 6.92 Å². The Morgan fingerprint density at radius 2 is 1.49 bits per heavy atom. The summed E-state index contributed by atoms with van der Waals surface area (Å²) in [5.41, 5.74) is 1.42. The van der Waals surface area contributed by atoms with E-state index in [2.05, 4.69) is 5.32 Å². The number of piperazine rings is 1. The number of nitrogens with one attached hydrogen (secondary N) is 1. The van der Waals surface area contributed by atoms with E-state index in [0.29, 0.717) is 5.56 Å². The van der Waals surface area contributed by atoms with Crippen LogP contribution in [-0.2, 0) is 14.6 Å². The highest BCUT2D eigenvalue weighted by Crippen LogP contribution is 2.22. The van der Waals surface area contributed by atoms with Gasteiger partial charge in [0.05, 0.1) is 11.2 Å². The zero-order chi connectivity index (χ0) is 27.6. The highest BCUT2D eigenvalue weighted by Gasteiger charge is 2.40. The maximum absolute atomic E-state index is 13.6. The van der Waals surface area contributed by atoms with Gasteiger partial charge < -0.3 is 19.5 Å². The first-order valence-electron chi connectivity index (χ1n) is 12.5. The van der Waals surface area contributed by atoms with Gasteiger partial charge in [0.15, 0.2) is 5.76 Å². The minimum Gasteiger partial charge on any atom is -0.459 e. The third kappa shape index (κ3) is 5.28. The van der Waals surface area contributed by atoms with Gasteiger partial charge in [-0.05, 0) is 48.0 Å². The van der Waals surface area contributed by atoms with Crippen LogP contribution in [0.1, 0.15) is 26.5 Å². The molecule has 0 bridgehead atoms. The van der Waals surface area contributed by atoms with E-state index in [1.807, 2.05) is 43.3 Å². The number of sulfone groups is 1. The number of hydrogen-bond acceptors (Lipinski definition) is 6. The minimum atomic E-state index is -4.30. The van der Waals surface area contributed by atoms with Gasteiger partial charge in [0.1, 0.15) is 0 Å². The number of fused-ring (bicyclic) bond motifs is 1. The standard InChI is InChI=1S/C29H27N3O6S/c1-20-11-13-22(14-12-20)39(36,37)27(30-26(33)25-10-5-19-38-25)29(35)32-17-15-31(16-18-32)28(34)24-9-4-7-21-6-2-3-8-23(21)24/h2-14,19,27H,15-18H2,1H3,(H,30,33)/t27-/m0/s1. The number of aryl methyl sites for hydroxylation is 1. The second kappa shape index (κ2) is 10.7. The molecule has 5 rings (SSSR count). The van der Waals surface area contributed by atoms with Crippen LogP contribution < -0.4 is 5.32 Å². The molecule has 3 aromatic carbocycles. The van der Waals surface area contributed by atoms with Crippen LogP contribution in [0.2, 0.25) is 0 Å². The van der Waals surface area contributed by atoms with Crippen molar-refractivity contribution in [3.05, 3.63) is 102 Å². The zero-order valence-electron chi connectivity index (χ0n) is 21.2. The summed E-state index contributed by atoms with van der Waals surface area (Å²) in [5, 5.41) is 2.29. The van der Waals surface area contributed by atoms with Crippen molar-refractivity contribution >= 4 is 38.3 Å². The van der Waals surface area contributed by atoms with Crippen molar-refractivity contribution in [1.29, 1.82) is 0 Å². The molecular formula is C29H27N3O6S. The van der Waals surface area contributed by atoms with Gasteiger partial charge in [0.2, 0.25) is 15.2 Å². The van der Waals surface area contributed by atoms with E-state index in [-0.39, 0.29) is 42.7 Å². The molecule has 39 heavy (non-hydrogen) atoms. The van der Waals surface area contributed by atoms with Gasteiger partial charge in [0, 0.05) is 31.7 Å². The smallest absolute Gasteiger partial charge is 0.288 e. The van der Waals surface area contributed by atoms with Gasteiger partial charge in [-0.2, -0.15) is 0 Å². The molecule has 0 radical (unpaired) electrons. The topological polar surface area (TPSA) is 117 Å². The predicted octanol–water partition coefficient (Wildman–Crippen LogP) is 3.26. The highest BCUT2D eigenvalue weighted by atomic mass is 32.2. The summed E-state index contributed by atoms with van der Waals surface area (Å²) in [6.45, 7) is 2.49. The van der Waals surface area contributed by atoms with Gasteiger partial charge in [0.25, 0.3) is 17.7 Å². The molecule has 0 spiro atoms.